The smallest absolute Gasteiger partial charge is 0.223 e. The highest BCUT2D eigenvalue weighted by Gasteiger charge is 2.20. The molecule has 1 aliphatic heterocycles. The third-order valence-electron chi connectivity index (χ3n) is 3.28. The summed E-state index contributed by atoms with van der Waals surface area (Å²) < 4.78 is 5.01. The molecule has 0 fully saturated rings. The summed E-state index contributed by atoms with van der Waals surface area (Å²) in [7, 11) is 0. The van der Waals surface area contributed by atoms with Gasteiger partial charge in [-0.3, -0.25) is 0 Å². The van der Waals surface area contributed by atoms with Crippen molar-refractivity contribution in [1.29, 1.82) is 0 Å². The van der Waals surface area contributed by atoms with E-state index in [0.29, 0.717) is 12.4 Å². The third-order valence-corrected chi connectivity index (χ3v) is 3.28. The van der Waals surface area contributed by atoms with Crippen LogP contribution in [0.1, 0.15) is 23.7 Å². The number of hydrogen-bond acceptors (Lipinski definition) is 5. The zero-order chi connectivity index (χ0) is 12.5. The Bertz CT molecular complexity index is 570. The molecule has 1 aromatic heterocycles. The van der Waals surface area contributed by atoms with Crippen molar-refractivity contribution in [3.63, 3.8) is 0 Å². The fraction of sp³-hybridized carbons (Fsp3) is 0.385. The number of fused-ring (bicyclic) bond motifs is 1. The lowest BCUT2D eigenvalue weighted by molar-refractivity contribution is 0.386. The first-order chi connectivity index (χ1) is 8.74. The highest BCUT2D eigenvalue weighted by Crippen LogP contribution is 2.31. The summed E-state index contributed by atoms with van der Waals surface area (Å²) in [6, 6.07) is 6.06. The fourth-order valence-corrected chi connectivity index (χ4v) is 2.47. The molecule has 102 valence electrons. The highest BCUT2D eigenvalue weighted by atomic mass is 35.5. The van der Waals surface area contributed by atoms with Crippen LogP contribution in [0.25, 0.3) is 0 Å². The van der Waals surface area contributed by atoms with E-state index >= 15 is 0 Å². The van der Waals surface area contributed by atoms with E-state index in [1.807, 2.05) is 12.1 Å². The molecule has 0 spiro atoms. The minimum atomic E-state index is 0. The first-order valence-electron chi connectivity index (χ1n) is 6.15. The Hall–Kier alpha value is -1.75. The van der Waals surface area contributed by atoms with Gasteiger partial charge in [0.25, 0.3) is 0 Å². The average Bonchev–Trinajstić information content (AvgIpc) is 2.76. The number of benzene rings is 1. The molecule has 6 heteroatoms. The first kappa shape index (κ1) is 13.7. The van der Waals surface area contributed by atoms with Crippen LogP contribution in [0.15, 0.2) is 22.7 Å². The van der Waals surface area contributed by atoms with E-state index in [-0.39, 0.29) is 12.4 Å². The maximum atomic E-state index is 6.02. The first-order valence-corrected chi connectivity index (χ1v) is 6.15. The molecule has 5 nitrogen and oxygen atoms in total. The van der Waals surface area contributed by atoms with Gasteiger partial charge in [-0.2, -0.15) is 4.98 Å². The van der Waals surface area contributed by atoms with Crippen LogP contribution in [0.3, 0.4) is 0 Å². The molecule has 19 heavy (non-hydrogen) atoms. The molecule has 0 saturated heterocycles. The van der Waals surface area contributed by atoms with E-state index < -0.39 is 0 Å². The molecule has 0 amide bonds. The van der Waals surface area contributed by atoms with Crippen molar-refractivity contribution in [2.45, 2.75) is 26.3 Å². The Morgan fingerprint density at radius 2 is 2.26 bits per heavy atom. The molecule has 0 atom stereocenters. The zero-order valence-corrected chi connectivity index (χ0v) is 11.6. The van der Waals surface area contributed by atoms with Gasteiger partial charge in [0.05, 0.1) is 6.54 Å². The number of nitrogen functional groups attached to an aromatic ring is 1. The maximum Gasteiger partial charge on any atom is 0.223 e. The van der Waals surface area contributed by atoms with Crippen LogP contribution in [-0.2, 0) is 13.0 Å². The number of hydrogen-bond donors (Lipinski definition) is 1. The number of rotatable bonds is 2. The predicted octanol–water partition coefficient (Wildman–Crippen LogP) is 2.33. The van der Waals surface area contributed by atoms with Gasteiger partial charge in [-0.15, -0.1) is 12.4 Å². The summed E-state index contributed by atoms with van der Waals surface area (Å²) >= 11 is 0. The van der Waals surface area contributed by atoms with Crippen molar-refractivity contribution in [3.8, 4) is 0 Å². The lowest BCUT2D eigenvalue weighted by atomic mass is 10.00. The molecule has 1 aliphatic rings. The van der Waals surface area contributed by atoms with Crippen LogP contribution >= 0.6 is 12.4 Å². The van der Waals surface area contributed by atoms with Gasteiger partial charge >= 0.3 is 0 Å². The quantitative estimate of drug-likeness (QED) is 0.855. The molecule has 2 N–H and O–H groups in total. The number of anilines is 2. The van der Waals surface area contributed by atoms with Crippen LogP contribution in [0, 0.1) is 6.92 Å². The molecule has 0 aliphatic carbocycles. The summed E-state index contributed by atoms with van der Waals surface area (Å²) in [6.45, 7) is 3.48. The minimum absolute atomic E-state index is 0. The second kappa shape index (κ2) is 5.48. The van der Waals surface area contributed by atoms with Gasteiger partial charge in [0, 0.05) is 24.8 Å². The lowest BCUT2D eigenvalue weighted by Crippen LogP contribution is -2.29. The fourth-order valence-electron chi connectivity index (χ4n) is 2.47. The van der Waals surface area contributed by atoms with Gasteiger partial charge in [-0.25, -0.2) is 0 Å². The Morgan fingerprint density at radius 3 is 3.00 bits per heavy atom. The predicted molar refractivity (Wildman–Crippen MR) is 76.5 cm³/mol. The number of aryl methyl sites for hydroxylation is 1. The Balaban J connectivity index is 0.00000133. The van der Waals surface area contributed by atoms with Crippen LogP contribution in [-0.4, -0.2) is 16.7 Å². The monoisotopic (exact) mass is 280 g/mol. The van der Waals surface area contributed by atoms with E-state index in [0.717, 1.165) is 30.9 Å². The molecular formula is C13H17ClN4O. The number of nitrogens with two attached hydrogens (primary N) is 1. The SMILES string of the molecule is Cc1nc(CN2CCCc3c(N)cccc32)no1.Cl. The number of halogens is 1. The van der Waals surface area contributed by atoms with Crippen molar-refractivity contribution in [3.05, 3.63) is 35.5 Å². The molecule has 1 aromatic carbocycles. The lowest BCUT2D eigenvalue weighted by Gasteiger charge is -2.30. The van der Waals surface area contributed by atoms with E-state index in [4.69, 9.17) is 10.3 Å². The van der Waals surface area contributed by atoms with Crippen molar-refractivity contribution in [2.75, 3.05) is 17.2 Å². The normalized spacial score (nSPS) is 13.8. The molecule has 0 bridgehead atoms. The summed E-state index contributed by atoms with van der Waals surface area (Å²) in [5.41, 5.74) is 9.34. The summed E-state index contributed by atoms with van der Waals surface area (Å²) in [4.78, 5) is 6.51. The van der Waals surface area contributed by atoms with E-state index in [1.165, 1.54) is 11.3 Å². The van der Waals surface area contributed by atoms with E-state index in [1.54, 1.807) is 6.92 Å². The van der Waals surface area contributed by atoms with Crippen molar-refractivity contribution < 1.29 is 4.52 Å². The number of nitrogens with zero attached hydrogens (tertiary/aromatic N) is 3. The molecular weight excluding hydrogens is 264 g/mol. The topological polar surface area (TPSA) is 68.2 Å². The Labute approximate surface area is 118 Å². The van der Waals surface area contributed by atoms with Gasteiger partial charge in [-0.05, 0) is 30.5 Å². The molecule has 0 saturated carbocycles. The van der Waals surface area contributed by atoms with Crippen molar-refractivity contribution in [2.24, 2.45) is 0 Å². The van der Waals surface area contributed by atoms with Gasteiger partial charge in [-0.1, -0.05) is 11.2 Å². The molecule has 2 aromatic rings. The molecule has 0 radical (unpaired) electrons. The largest absolute Gasteiger partial charge is 0.398 e. The Kier molecular flexibility index (Phi) is 3.95. The van der Waals surface area contributed by atoms with E-state index in [2.05, 4.69) is 21.1 Å². The molecule has 3 rings (SSSR count). The second-order valence-electron chi connectivity index (χ2n) is 4.60. The number of aromatic nitrogens is 2. The second-order valence-corrected chi connectivity index (χ2v) is 4.60. The van der Waals surface area contributed by atoms with Gasteiger partial charge in [0.1, 0.15) is 0 Å². The Morgan fingerprint density at radius 1 is 1.42 bits per heavy atom. The van der Waals surface area contributed by atoms with Gasteiger partial charge < -0.3 is 15.2 Å². The van der Waals surface area contributed by atoms with Crippen LogP contribution in [0.5, 0.6) is 0 Å². The van der Waals surface area contributed by atoms with E-state index in [9.17, 15) is 0 Å². The summed E-state index contributed by atoms with van der Waals surface area (Å²) in [5, 5.41) is 3.95. The van der Waals surface area contributed by atoms with Crippen LogP contribution in [0.4, 0.5) is 11.4 Å². The van der Waals surface area contributed by atoms with Gasteiger partial charge in [0.15, 0.2) is 5.82 Å². The molecule has 0 unspecified atom stereocenters. The average molecular weight is 281 g/mol. The molecule has 2 heterocycles. The highest BCUT2D eigenvalue weighted by molar-refractivity contribution is 5.85. The maximum absolute atomic E-state index is 6.02. The standard InChI is InChI=1S/C13H16N4O.ClH/c1-9-15-13(16-18-9)8-17-7-3-4-10-11(14)5-2-6-12(10)17;/h2,5-6H,3-4,7-8,14H2,1H3;1H. The van der Waals surface area contributed by atoms with Crippen LogP contribution in [0.2, 0.25) is 0 Å². The third kappa shape index (κ3) is 2.66. The summed E-state index contributed by atoms with van der Waals surface area (Å²) in [6.07, 6.45) is 2.15. The summed E-state index contributed by atoms with van der Waals surface area (Å²) in [5.74, 6) is 1.33. The zero-order valence-electron chi connectivity index (χ0n) is 10.8. The van der Waals surface area contributed by atoms with Crippen LogP contribution < -0.4 is 10.6 Å². The van der Waals surface area contributed by atoms with Gasteiger partial charge in [0.2, 0.25) is 5.89 Å². The van der Waals surface area contributed by atoms with Crippen molar-refractivity contribution in [1.82, 2.24) is 10.1 Å². The minimum Gasteiger partial charge on any atom is -0.398 e. The van der Waals surface area contributed by atoms with Crippen molar-refractivity contribution >= 4 is 23.8 Å².